The molecule has 1 aliphatic heterocycles. The van der Waals surface area contributed by atoms with Crippen molar-refractivity contribution in [3.63, 3.8) is 0 Å². The second kappa shape index (κ2) is 10.5. The number of benzene rings is 2. The summed E-state index contributed by atoms with van der Waals surface area (Å²) >= 11 is 1.59. The fourth-order valence-electron chi connectivity index (χ4n) is 3.79. The van der Waals surface area contributed by atoms with Gasteiger partial charge in [-0.1, -0.05) is 29.5 Å². The van der Waals surface area contributed by atoms with E-state index in [0.29, 0.717) is 17.9 Å². The Bertz CT molecular complexity index is 1120. The quantitative estimate of drug-likeness (QED) is 0.551. The van der Waals surface area contributed by atoms with Gasteiger partial charge in [0.25, 0.3) is 0 Å². The summed E-state index contributed by atoms with van der Waals surface area (Å²) in [6, 6.07) is 15.5. The van der Waals surface area contributed by atoms with Crippen molar-refractivity contribution in [1.82, 2.24) is 9.97 Å². The van der Waals surface area contributed by atoms with E-state index in [1.54, 1.807) is 48.4 Å². The summed E-state index contributed by atoms with van der Waals surface area (Å²) in [4.78, 5) is 36.6. The molecular formula is C25H27N5O2S. The summed E-state index contributed by atoms with van der Waals surface area (Å²) in [5.41, 5.74) is 2.63. The number of aryl methyl sites for hydroxylation is 1. The molecule has 2 heterocycles. The van der Waals surface area contributed by atoms with Crippen LogP contribution >= 0.6 is 11.8 Å². The van der Waals surface area contributed by atoms with Gasteiger partial charge in [0, 0.05) is 48.7 Å². The van der Waals surface area contributed by atoms with Crippen LogP contribution in [0, 0.1) is 12.8 Å². The Balaban J connectivity index is 1.42. The summed E-state index contributed by atoms with van der Waals surface area (Å²) in [7, 11) is 0. The first-order valence-corrected chi connectivity index (χ1v) is 11.8. The number of rotatable bonds is 6. The molecule has 3 aromatic rings. The molecule has 1 atom stereocenters. The van der Waals surface area contributed by atoms with Gasteiger partial charge in [-0.2, -0.15) is 0 Å². The van der Waals surface area contributed by atoms with Crippen LogP contribution < -0.4 is 15.5 Å². The lowest BCUT2D eigenvalue weighted by Gasteiger charge is -2.33. The van der Waals surface area contributed by atoms with E-state index in [4.69, 9.17) is 0 Å². The molecule has 170 valence electrons. The molecule has 2 amide bonds. The van der Waals surface area contributed by atoms with Gasteiger partial charge in [-0.15, -0.1) is 0 Å². The van der Waals surface area contributed by atoms with Gasteiger partial charge in [-0.05, 0) is 56.2 Å². The zero-order valence-electron chi connectivity index (χ0n) is 18.7. The first-order valence-electron chi connectivity index (χ1n) is 11.0. The molecule has 0 radical (unpaired) electrons. The average molecular weight is 462 g/mol. The lowest BCUT2D eigenvalue weighted by molar-refractivity contribution is -0.120. The highest BCUT2D eigenvalue weighted by Crippen LogP contribution is 2.34. The van der Waals surface area contributed by atoms with Crippen molar-refractivity contribution in [2.75, 3.05) is 28.6 Å². The number of aromatic nitrogens is 2. The minimum absolute atomic E-state index is 0.0106. The predicted octanol–water partition coefficient (Wildman–Crippen LogP) is 4.75. The van der Waals surface area contributed by atoms with Gasteiger partial charge in [0.1, 0.15) is 5.03 Å². The molecule has 2 aromatic carbocycles. The number of anilines is 3. The van der Waals surface area contributed by atoms with Crippen LogP contribution in [0.5, 0.6) is 0 Å². The maximum atomic E-state index is 13.0. The number of carbonyl (C=O) groups excluding carboxylic acids is 2. The Morgan fingerprint density at radius 2 is 1.64 bits per heavy atom. The summed E-state index contributed by atoms with van der Waals surface area (Å²) in [5, 5.41) is 6.57. The molecule has 1 aliphatic rings. The Hall–Kier alpha value is -3.39. The molecule has 0 spiro atoms. The van der Waals surface area contributed by atoms with Crippen molar-refractivity contribution < 1.29 is 9.59 Å². The normalized spacial score (nSPS) is 15.7. The highest BCUT2D eigenvalue weighted by molar-refractivity contribution is 7.99. The molecule has 4 rings (SSSR count). The summed E-state index contributed by atoms with van der Waals surface area (Å²) in [6.07, 6.45) is 5.14. The van der Waals surface area contributed by atoms with Gasteiger partial charge in [0.15, 0.2) is 5.82 Å². The van der Waals surface area contributed by atoms with Crippen LogP contribution in [0.15, 0.2) is 70.8 Å². The van der Waals surface area contributed by atoms with Gasteiger partial charge < -0.3 is 15.5 Å². The third-order valence-electron chi connectivity index (χ3n) is 5.45. The number of nitrogens with zero attached hydrogens (tertiary/aromatic N) is 3. The first kappa shape index (κ1) is 22.8. The number of hydrogen-bond acceptors (Lipinski definition) is 6. The van der Waals surface area contributed by atoms with E-state index in [9.17, 15) is 9.59 Å². The van der Waals surface area contributed by atoms with E-state index in [2.05, 4.69) is 56.7 Å². The maximum absolute atomic E-state index is 13.0. The summed E-state index contributed by atoms with van der Waals surface area (Å²) < 4.78 is 0. The molecule has 2 N–H and O–H groups in total. The van der Waals surface area contributed by atoms with Gasteiger partial charge in [0.2, 0.25) is 11.8 Å². The van der Waals surface area contributed by atoms with E-state index >= 15 is 0 Å². The number of hydrogen-bond donors (Lipinski definition) is 2. The molecule has 0 aliphatic carbocycles. The second-order valence-corrected chi connectivity index (χ2v) is 9.20. The van der Waals surface area contributed by atoms with Gasteiger partial charge in [0.05, 0.1) is 5.92 Å². The van der Waals surface area contributed by atoms with Gasteiger partial charge in [-0.3, -0.25) is 9.59 Å². The van der Waals surface area contributed by atoms with Crippen molar-refractivity contribution in [3.05, 3.63) is 66.5 Å². The Morgan fingerprint density at radius 3 is 2.33 bits per heavy atom. The molecule has 7 nitrogen and oxygen atoms in total. The summed E-state index contributed by atoms with van der Waals surface area (Å²) in [6.45, 7) is 4.97. The lowest BCUT2D eigenvalue weighted by atomic mass is 9.97. The Kier molecular flexibility index (Phi) is 7.24. The molecule has 1 aromatic heterocycles. The molecule has 0 bridgehead atoms. The third-order valence-corrected chi connectivity index (χ3v) is 6.44. The topological polar surface area (TPSA) is 87.2 Å². The van der Waals surface area contributed by atoms with Crippen molar-refractivity contribution in [2.45, 2.75) is 36.6 Å². The van der Waals surface area contributed by atoms with E-state index in [1.165, 1.54) is 12.5 Å². The van der Waals surface area contributed by atoms with Crippen molar-refractivity contribution in [3.8, 4) is 0 Å². The average Bonchev–Trinajstić information content (AvgIpc) is 2.82. The molecule has 1 fully saturated rings. The standard InChI is InChI=1S/C25H27N5O2S/c1-17-5-11-22(12-6-17)33-25-23(26-13-14-27-25)30-15-3-4-19(16-30)24(32)29-21-9-7-20(8-10-21)28-18(2)31/h5-14,19H,3-4,15-16H2,1-2H3,(H,28,31)(H,29,32)/t19-/m0/s1. The zero-order chi connectivity index (χ0) is 23.2. The maximum Gasteiger partial charge on any atom is 0.229 e. The van der Waals surface area contributed by atoms with Crippen LogP contribution in [0.3, 0.4) is 0 Å². The first-order chi connectivity index (χ1) is 16.0. The van der Waals surface area contributed by atoms with Crippen LogP contribution in [0.2, 0.25) is 0 Å². The van der Waals surface area contributed by atoms with E-state index in [1.807, 2.05) is 0 Å². The highest BCUT2D eigenvalue weighted by atomic mass is 32.2. The van der Waals surface area contributed by atoms with Crippen LogP contribution in [0.1, 0.15) is 25.3 Å². The van der Waals surface area contributed by atoms with Crippen molar-refractivity contribution in [1.29, 1.82) is 0 Å². The fraction of sp³-hybridized carbons (Fsp3) is 0.280. The van der Waals surface area contributed by atoms with Gasteiger partial charge in [-0.25, -0.2) is 9.97 Å². The van der Waals surface area contributed by atoms with Gasteiger partial charge >= 0.3 is 0 Å². The fourth-order valence-corrected chi connectivity index (χ4v) is 4.67. The smallest absolute Gasteiger partial charge is 0.229 e. The number of nitrogens with one attached hydrogen (secondary N) is 2. The zero-order valence-corrected chi connectivity index (χ0v) is 19.6. The minimum atomic E-state index is -0.145. The monoisotopic (exact) mass is 461 g/mol. The molecule has 8 heteroatoms. The Morgan fingerprint density at radius 1 is 0.970 bits per heavy atom. The number of carbonyl (C=O) groups is 2. The van der Waals surface area contributed by atoms with Crippen LogP contribution in [0.4, 0.5) is 17.2 Å². The minimum Gasteiger partial charge on any atom is -0.354 e. The molecule has 33 heavy (non-hydrogen) atoms. The molecule has 1 saturated heterocycles. The predicted molar refractivity (Wildman–Crippen MR) is 132 cm³/mol. The SMILES string of the molecule is CC(=O)Nc1ccc(NC(=O)[C@H]2CCCN(c3nccnc3Sc3ccc(C)cc3)C2)cc1. The van der Waals surface area contributed by atoms with E-state index in [-0.39, 0.29) is 17.7 Å². The number of piperidine rings is 1. The van der Waals surface area contributed by atoms with Crippen LogP contribution in [-0.4, -0.2) is 34.9 Å². The van der Waals surface area contributed by atoms with Crippen LogP contribution in [-0.2, 0) is 9.59 Å². The molecule has 0 unspecified atom stereocenters. The van der Waals surface area contributed by atoms with E-state index < -0.39 is 0 Å². The largest absolute Gasteiger partial charge is 0.354 e. The lowest BCUT2D eigenvalue weighted by Crippen LogP contribution is -2.41. The van der Waals surface area contributed by atoms with Crippen LogP contribution in [0.25, 0.3) is 0 Å². The van der Waals surface area contributed by atoms with Crippen molar-refractivity contribution >= 4 is 40.8 Å². The second-order valence-electron chi connectivity index (χ2n) is 8.13. The molecular weight excluding hydrogens is 434 g/mol. The third kappa shape index (κ3) is 6.10. The Labute approximate surface area is 198 Å². The van der Waals surface area contributed by atoms with E-state index in [0.717, 1.165) is 35.1 Å². The number of amides is 2. The van der Waals surface area contributed by atoms with Crippen molar-refractivity contribution in [2.24, 2.45) is 5.92 Å². The highest BCUT2D eigenvalue weighted by Gasteiger charge is 2.28. The molecule has 0 saturated carbocycles. The summed E-state index contributed by atoms with van der Waals surface area (Å²) in [5.74, 6) is 0.537.